The number of aromatic amines is 1. The molecule has 1 aromatic heterocycles. The Balaban J connectivity index is 2.10. The number of aromatic nitrogens is 2. The molecule has 0 aliphatic carbocycles. The summed E-state index contributed by atoms with van der Waals surface area (Å²) in [6.07, 6.45) is 3.35. The van der Waals surface area contributed by atoms with Crippen molar-refractivity contribution in [2.24, 2.45) is 0 Å². The van der Waals surface area contributed by atoms with Crippen LogP contribution >= 0.6 is 0 Å². The summed E-state index contributed by atoms with van der Waals surface area (Å²) in [4.78, 5) is 18.1. The average molecular weight is 291 g/mol. The van der Waals surface area contributed by atoms with Gasteiger partial charge in [0.15, 0.2) is 0 Å². The molecule has 2 atom stereocenters. The summed E-state index contributed by atoms with van der Waals surface area (Å²) in [6, 6.07) is 2.98. The molecule has 0 amide bonds. The number of carbonyl (C=O) groups is 1. The van der Waals surface area contributed by atoms with Crippen molar-refractivity contribution in [3.8, 4) is 11.5 Å². The van der Waals surface area contributed by atoms with Crippen molar-refractivity contribution in [1.29, 1.82) is 0 Å². The highest BCUT2D eigenvalue weighted by Crippen LogP contribution is 2.28. The minimum atomic E-state index is -0.997. The minimum absolute atomic E-state index is 0.0465. The number of H-pyrrole nitrogens is 1. The van der Waals surface area contributed by atoms with Gasteiger partial charge in [0.1, 0.15) is 17.5 Å². The van der Waals surface area contributed by atoms with Crippen molar-refractivity contribution in [3.05, 3.63) is 42.0 Å². The van der Waals surface area contributed by atoms with Crippen molar-refractivity contribution in [2.45, 2.75) is 25.4 Å². The number of rotatable bonds is 6. The molecular weight excluding hydrogens is 274 g/mol. The summed E-state index contributed by atoms with van der Waals surface area (Å²) in [6.45, 7) is 1.74. The number of nitrogens with one attached hydrogen (secondary N) is 2. The molecule has 0 fully saturated rings. The zero-order valence-electron chi connectivity index (χ0n) is 11.4. The Morgan fingerprint density at radius 1 is 1.43 bits per heavy atom. The third-order valence-electron chi connectivity index (χ3n) is 3.20. The largest absolute Gasteiger partial charge is 0.508 e. The van der Waals surface area contributed by atoms with E-state index in [0.717, 1.165) is 0 Å². The zero-order chi connectivity index (χ0) is 15.4. The monoisotopic (exact) mass is 291 g/mol. The number of phenols is 2. The molecule has 112 valence electrons. The number of aromatic hydroxyl groups is 2. The van der Waals surface area contributed by atoms with E-state index in [-0.39, 0.29) is 17.9 Å². The van der Waals surface area contributed by atoms with Crippen LogP contribution in [0.3, 0.4) is 0 Å². The number of phenolic OH excluding ortho intramolecular Hbond substituents is 2. The Bertz CT molecular complexity index is 613. The molecule has 21 heavy (non-hydrogen) atoms. The maximum absolute atomic E-state index is 11.3. The molecule has 0 bridgehead atoms. The molecule has 0 spiro atoms. The smallest absolute Gasteiger partial charge is 0.321 e. The van der Waals surface area contributed by atoms with Gasteiger partial charge in [-0.1, -0.05) is 6.07 Å². The highest BCUT2D eigenvalue weighted by Gasteiger charge is 2.22. The van der Waals surface area contributed by atoms with E-state index in [1.807, 2.05) is 0 Å². The van der Waals surface area contributed by atoms with Crippen molar-refractivity contribution in [3.63, 3.8) is 0 Å². The van der Waals surface area contributed by atoms with Crippen LogP contribution in [0, 0.1) is 0 Å². The van der Waals surface area contributed by atoms with Crippen LogP contribution in [-0.2, 0) is 11.2 Å². The van der Waals surface area contributed by atoms with E-state index in [2.05, 4.69) is 15.3 Å². The van der Waals surface area contributed by atoms with Gasteiger partial charge < -0.3 is 20.3 Å². The van der Waals surface area contributed by atoms with Gasteiger partial charge in [-0.15, -0.1) is 0 Å². The third kappa shape index (κ3) is 3.73. The van der Waals surface area contributed by atoms with Crippen LogP contribution in [0.25, 0.3) is 0 Å². The van der Waals surface area contributed by atoms with E-state index in [0.29, 0.717) is 11.3 Å². The molecule has 0 aliphatic heterocycles. The highest BCUT2D eigenvalue weighted by atomic mass is 16.4. The second-order valence-corrected chi connectivity index (χ2v) is 4.79. The van der Waals surface area contributed by atoms with Gasteiger partial charge in [0, 0.05) is 30.3 Å². The predicted molar refractivity (Wildman–Crippen MR) is 75.0 cm³/mol. The number of carboxylic acid groups (broad SMARTS) is 1. The van der Waals surface area contributed by atoms with Gasteiger partial charge in [-0.2, -0.15) is 0 Å². The molecule has 2 aromatic rings. The van der Waals surface area contributed by atoms with Gasteiger partial charge in [0.2, 0.25) is 0 Å². The number of imidazole rings is 1. The van der Waals surface area contributed by atoms with Crippen molar-refractivity contribution in [1.82, 2.24) is 15.3 Å². The molecule has 2 rings (SSSR count). The van der Waals surface area contributed by atoms with Crippen LogP contribution in [0.1, 0.15) is 24.2 Å². The Morgan fingerprint density at radius 2 is 2.19 bits per heavy atom. The lowest BCUT2D eigenvalue weighted by Gasteiger charge is -2.20. The number of benzene rings is 1. The molecule has 1 aromatic carbocycles. The molecule has 2 unspecified atom stereocenters. The van der Waals surface area contributed by atoms with Crippen LogP contribution in [0.2, 0.25) is 0 Å². The van der Waals surface area contributed by atoms with Gasteiger partial charge in [-0.25, -0.2) is 4.98 Å². The van der Waals surface area contributed by atoms with E-state index >= 15 is 0 Å². The average Bonchev–Trinajstić information content (AvgIpc) is 2.90. The second kappa shape index (κ2) is 6.27. The van der Waals surface area contributed by atoms with Crippen LogP contribution in [0.4, 0.5) is 0 Å². The van der Waals surface area contributed by atoms with Gasteiger partial charge in [0.25, 0.3) is 0 Å². The number of nitrogens with zero attached hydrogens (tertiary/aromatic N) is 1. The van der Waals surface area contributed by atoms with E-state index in [1.54, 1.807) is 19.2 Å². The van der Waals surface area contributed by atoms with Gasteiger partial charge in [-0.3, -0.25) is 10.1 Å². The summed E-state index contributed by atoms with van der Waals surface area (Å²) in [5, 5.41) is 31.3. The fourth-order valence-corrected chi connectivity index (χ4v) is 2.12. The van der Waals surface area contributed by atoms with Gasteiger partial charge >= 0.3 is 5.97 Å². The second-order valence-electron chi connectivity index (χ2n) is 4.79. The normalized spacial score (nSPS) is 13.8. The number of aliphatic carboxylic acids is 1. The Hall–Kier alpha value is -2.54. The summed E-state index contributed by atoms with van der Waals surface area (Å²) < 4.78 is 0. The first-order chi connectivity index (χ1) is 9.97. The minimum Gasteiger partial charge on any atom is -0.508 e. The van der Waals surface area contributed by atoms with Crippen molar-refractivity contribution < 1.29 is 20.1 Å². The lowest BCUT2D eigenvalue weighted by molar-refractivity contribution is -0.139. The maximum atomic E-state index is 11.3. The highest BCUT2D eigenvalue weighted by molar-refractivity contribution is 5.73. The van der Waals surface area contributed by atoms with E-state index in [4.69, 9.17) is 0 Å². The molecule has 7 heteroatoms. The van der Waals surface area contributed by atoms with Gasteiger partial charge in [-0.05, 0) is 13.0 Å². The topological polar surface area (TPSA) is 118 Å². The van der Waals surface area contributed by atoms with E-state index < -0.39 is 18.1 Å². The fourth-order valence-electron chi connectivity index (χ4n) is 2.12. The quantitative estimate of drug-likeness (QED) is 0.545. The Labute approximate surface area is 121 Å². The summed E-state index contributed by atoms with van der Waals surface area (Å²) in [5.74, 6) is -1.13. The first-order valence-electron chi connectivity index (χ1n) is 6.45. The van der Waals surface area contributed by atoms with Crippen LogP contribution in [0.5, 0.6) is 11.5 Å². The van der Waals surface area contributed by atoms with Crippen molar-refractivity contribution in [2.75, 3.05) is 0 Å². The van der Waals surface area contributed by atoms with Gasteiger partial charge in [0.05, 0.1) is 12.0 Å². The number of hydrogen-bond acceptors (Lipinski definition) is 5. The lowest BCUT2D eigenvalue weighted by Crippen LogP contribution is -2.40. The Morgan fingerprint density at radius 3 is 2.76 bits per heavy atom. The molecule has 5 N–H and O–H groups in total. The zero-order valence-corrected chi connectivity index (χ0v) is 11.4. The molecule has 0 saturated carbocycles. The fraction of sp³-hybridized carbons (Fsp3) is 0.286. The number of carboxylic acids is 1. The first-order valence-corrected chi connectivity index (χ1v) is 6.45. The molecule has 7 nitrogen and oxygen atoms in total. The van der Waals surface area contributed by atoms with Crippen molar-refractivity contribution >= 4 is 5.97 Å². The Kier molecular flexibility index (Phi) is 4.44. The lowest BCUT2D eigenvalue weighted by atomic mass is 10.0. The summed E-state index contributed by atoms with van der Waals surface area (Å²) >= 11 is 0. The maximum Gasteiger partial charge on any atom is 0.321 e. The molecule has 0 aliphatic rings. The van der Waals surface area contributed by atoms with Crippen LogP contribution < -0.4 is 5.32 Å². The predicted octanol–water partition coefficient (Wildman–Crippen LogP) is 1.17. The summed E-state index contributed by atoms with van der Waals surface area (Å²) in [7, 11) is 0. The van der Waals surface area contributed by atoms with E-state index in [9.17, 15) is 20.1 Å². The third-order valence-corrected chi connectivity index (χ3v) is 3.20. The molecule has 0 saturated heterocycles. The molecular formula is C14H17N3O4. The van der Waals surface area contributed by atoms with Crippen LogP contribution in [-0.4, -0.2) is 37.3 Å². The first kappa shape index (κ1) is 14.9. The molecule has 1 heterocycles. The molecule has 0 radical (unpaired) electrons. The SMILES string of the molecule is CC(NC(Cc1c[nH]cn1)C(=O)O)c1ccc(O)cc1O. The van der Waals surface area contributed by atoms with Crippen LogP contribution in [0.15, 0.2) is 30.7 Å². The van der Waals surface area contributed by atoms with E-state index in [1.165, 1.54) is 18.5 Å². The standard InChI is InChI=1S/C14H17N3O4/c1-8(11-3-2-10(18)5-13(11)19)17-12(14(20)21)4-9-6-15-7-16-9/h2-3,5-8,12,17-19H,4H2,1H3,(H,15,16)(H,20,21). The summed E-state index contributed by atoms with van der Waals surface area (Å²) in [5.41, 5.74) is 1.15. The number of hydrogen-bond donors (Lipinski definition) is 5.